The number of anilines is 2. The fraction of sp³-hybridized carbons (Fsp3) is 0.333. The SMILES string of the molecule is Cc1c(-c2cc(C(=O)Nc3cnn4c3NCCC4)no2)cnn1C. The van der Waals surface area contributed by atoms with E-state index in [0.717, 1.165) is 36.6 Å². The summed E-state index contributed by atoms with van der Waals surface area (Å²) in [7, 11) is 1.85. The van der Waals surface area contributed by atoms with E-state index >= 15 is 0 Å². The van der Waals surface area contributed by atoms with Crippen molar-refractivity contribution in [2.45, 2.75) is 19.9 Å². The second-order valence-electron chi connectivity index (χ2n) is 5.71. The molecule has 3 aromatic heterocycles. The summed E-state index contributed by atoms with van der Waals surface area (Å²) in [5.41, 5.74) is 2.60. The van der Waals surface area contributed by atoms with Gasteiger partial charge in [0.1, 0.15) is 11.5 Å². The number of carbonyl (C=O) groups is 1. The maximum absolute atomic E-state index is 12.4. The monoisotopic (exact) mass is 327 g/mol. The lowest BCUT2D eigenvalue weighted by Crippen LogP contribution is -2.19. The van der Waals surface area contributed by atoms with Crippen LogP contribution in [0.2, 0.25) is 0 Å². The van der Waals surface area contributed by atoms with Crippen LogP contribution in [0.1, 0.15) is 22.6 Å². The third kappa shape index (κ3) is 2.34. The molecule has 0 aromatic carbocycles. The van der Waals surface area contributed by atoms with E-state index in [-0.39, 0.29) is 11.6 Å². The molecule has 0 radical (unpaired) electrons. The van der Waals surface area contributed by atoms with Gasteiger partial charge < -0.3 is 15.2 Å². The van der Waals surface area contributed by atoms with Crippen molar-refractivity contribution in [3.8, 4) is 11.3 Å². The first-order chi connectivity index (χ1) is 11.6. The number of rotatable bonds is 3. The Morgan fingerprint density at radius 3 is 3.04 bits per heavy atom. The smallest absolute Gasteiger partial charge is 0.278 e. The third-order valence-corrected chi connectivity index (χ3v) is 4.17. The van der Waals surface area contributed by atoms with E-state index in [1.165, 1.54) is 0 Å². The largest absolute Gasteiger partial charge is 0.368 e. The number of carbonyl (C=O) groups excluding carboxylic acids is 1. The first-order valence-electron chi connectivity index (χ1n) is 7.70. The van der Waals surface area contributed by atoms with Gasteiger partial charge in [0.15, 0.2) is 11.5 Å². The van der Waals surface area contributed by atoms with Crippen LogP contribution in [0.4, 0.5) is 11.5 Å². The van der Waals surface area contributed by atoms with Crippen molar-refractivity contribution in [2.75, 3.05) is 17.2 Å². The van der Waals surface area contributed by atoms with Crippen molar-refractivity contribution in [3.63, 3.8) is 0 Å². The molecular formula is C15H17N7O2. The molecule has 0 bridgehead atoms. The van der Waals surface area contributed by atoms with Crippen LogP contribution in [-0.4, -0.2) is 37.2 Å². The van der Waals surface area contributed by atoms with Gasteiger partial charge in [-0.05, 0) is 13.3 Å². The van der Waals surface area contributed by atoms with E-state index in [0.29, 0.717) is 11.4 Å². The lowest BCUT2D eigenvalue weighted by Gasteiger charge is -2.16. The standard InChI is InChI=1S/C15H17N7O2/c1-9-10(7-17-21(9)2)13-6-11(20-24-13)15(23)19-12-8-18-22-5-3-4-16-14(12)22/h6-8,16H,3-5H2,1-2H3,(H,19,23). The number of hydrogen-bond donors (Lipinski definition) is 2. The molecule has 0 saturated heterocycles. The van der Waals surface area contributed by atoms with E-state index < -0.39 is 0 Å². The van der Waals surface area contributed by atoms with E-state index in [4.69, 9.17) is 4.52 Å². The highest BCUT2D eigenvalue weighted by molar-refractivity contribution is 6.04. The van der Waals surface area contributed by atoms with Crippen LogP contribution in [0.25, 0.3) is 11.3 Å². The van der Waals surface area contributed by atoms with Crippen molar-refractivity contribution in [3.05, 3.63) is 29.8 Å². The highest BCUT2D eigenvalue weighted by Gasteiger charge is 2.20. The Morgan fingerprint density at radius 1 is 1.38 bits per heavy atom. The second kappa shape index (κ2) is 5.52. The van der Waals surface area contributed by atoms with E-state index in [1.807, 2.05) is 18.7 Å². The topological polar surface area (TPSA) is 103 Å². The van der Waals surface area contributed by atoms with Gasteiger partial charge in [0.2, 0.25) is 0 Å². The molecule has 124 valence electrons. The van der Waals surface area contributed by atoms with Gasteiger partial charge in [0, 0.05) is 31.9 Å². The molecule has 0 atom stereocenters. The van der Waals surface area contributed by atoms with Crippen LogP contribution in [-0.2, 0) is 13.6 Å². The minimum Gasteiger partial charge on any atom is -0.368 e. The summed E-state index contributed by atoms with van der Waals surface area (Å²) in [4.78, 5) is 12.4. The van der Waals surface area contributed by atoms with Crippen molar-refractivity contribution >= 4 is 17.4 Å². The predicted octanol–water partition coefficient (Wildman–Crippen LogP) is 1.65. The Morgan fingerprint density at radius 2 is 2.25 bits per heavy atom. The van der Waals surface area contributed by atoms with Crippen LogP contribution in [0, 0.1) is 6.92 Å². The van der Waals surface area contributed by atoms with Gasteiger partial charge in [-0.3, -0.25) is 9.48 Å². The molecule has 2 N–H and O–H groups in total. The Labute approximate surface area is 137 Å². The molecule has 1 amide bonds. The van der Waals surface area contributed by atoms with Gasteiger partial charge in [-0.25, -0.2) is 4.68 Å². The lowest BCUT2D eigenvalue weighted by molar-refractivity contribution is 0.101. The van der Waals surface area contributed by atoms with E-state index in [1.54, 1.807) is 23.1 Å². The van der Waals surface area contributed by atoms with E-state index in [9.17, 15) is 4.79 Å². The Bertz CT molecular complexity index is 905. The summed E-state index contributed by atoms with van der Waals surface area (Å²) < 4.78 is 8.88. The maximum Gasteiger partial charge on any atom is 0.278 e. The zero-order valence-electron chi connectivity index (χ0n) is 13.4. The fourth-order valence-corrected chi connectivity index (χ4v) is 2.70. The average molecular weight is 327 g/mol. The van der Waals surface area contributed by atoms with Gasteiger partial charge in [-0.1, -0.05) is 5.16 Å². The lowest BCUT2D eigenvalue weighted by atomic mass is 10.2. The fourth-order valence-electron chi connectivity index (χ4n) is 2.70. The van der Waals surface area contributed by atoms with E-state index in [2.05, 4.69) is 26.0 Å². The molecule has 1 aliphatic rings. The molecule has 4 rings (SSSR count). The van der Waals surface area contributed by atoms with Crippen LogP contribution in [0.15, 0.2) is 23.0 Å². The Kier molecular flexibility index (Phi) is 3.33. The number of aromatic nitrogens is 5. The molecule has 0 aliphatic carbocycles. The van der Waals surface area contributed by atoms with Crippen LogP contribution >= 0.6 is 0 Å². The Balaban J connectivity index is 1.55. The van der Waals surface area contributed by atoms with Crippen LogP contribution < -0.4 is 10.6 Å². The summed E-state index contributed by atoms with van der Waals surface area (Å²) >= 11 is 0. The quantitative estimate of drug-likeness (QED) is 0.758. The molecule has 24 heavy (non-hydrogen) atoms. The third-order valence-electron chi connectivity index (χ3n) is 4.17. The van der Waals surface area contributed by atoms with Crippen molar-refractivity contribution in [2.24, 2.45) is 7.05 Å². The Hall–Kier alpha value is -3.10. The van der Waals surface area contributed by atoms with Crippen LogP contribution in [0.5, 0.6) is 0 Å². The number of hydrogen-bond acceptors (Lipinski definition) is 6. The minimum atomic E-state index is -0.338. The summed E-state index contributed by atoms with van der Waals surface area (Å²) in [6.07, 6.45) is 4.34. The second-order valence-corrected chi connectivity index (χ2v) is 5.71. The molecule has 3 aromatic rings. The molecule has 0 unspecified atom stereocenters. The predicted molar refractivity (Wildman–Crippen MR) is 86.7 cm³/mol. The summed E-state index contributed by atoms with van der Waals surface area (Å²) in [5, 5.41) is 18.3. The van der Waals surface area contributed by atoms with Crippen molar-refractivity contribution in [1.82, 2.24) is 24.7 Å². The minimum absolute atomic E-state index is 0.212. The number of nitrogens with one attached hydrogen (secondary N) is 2. The first kappa shape index (κ1) is 14.5. The average Bonchev–Trinajstić information content (AvgIpc) is 3.29. The zero-order chi connectivity index (χ0) is 16.7. The van der Waals surface area contributed by atoms with Gasteiger partial charge in [-0.2, -0.15) is 10.2 Å². The zero-order valence-corrected chi connectivity index (χ0v) is 13.4. The number of nitrogens with zero attached hydrogens (tertiary/aromatic N) is 5. The van der Waals surface area contributed by atoms with Crippen molar-refractivity contribution < 1.29 is 9.32 Å². The normalized spacial score (nSPS) is 13.4. The summed E-state index contributed by atoms with van der Waals surface area (Å²) in [6.45, 7) is 3.63. The maximum atomic E-state index is 12.4. The molecule has 9 nitrogen and oxygen atoms in total. The highest BCUT2D eigenvalue weighted by atomic mass is 16.5. The molecule has 0 saturated carbocycles. The number of aryl methyl sites for hydroxylation is 2. The van der Waals surface area contributed by atoms with Gasteiger partial charge in [-0.15, -0.1) is 0 Å². The number of fused-ring (bicyclic) bond motifs is 1. The molecule has 4 heterocycles. The van der Waals surface area contributed by atoms with Crippen LogP contribution in [0.3, 0.4) is 0 Å². The molecular weight excluding hydrogens is 310 g/mol. The highest BCUT2D eigenvalue weighted by Crippen LogP contribution is 2.26. The van der Waals surface area contributed by atoms with Crippen molar-refractivity contribution in [1.29, 1.82) is 0 Å². The summed E-state index contributed by atoms with van der Waals surface area (Å²) in [5.74, 6) is 0.997. The molecule has 0 spiro atoms. The molecule has 1 aliphatic heterocycles. The van der Waals surface area contributed by atoms with Gasteiger partial charge in [0.05, 0.1) is 18.0 Å². The first-order valence-corrected chi connectivity index (χ1v) is 7.70. The van der Waals surface area contributed by atoms with Gasteiger partial charge in [0.25, 0.3) is 5.91 Å². The van der Waals surface area contributed by atoms with Gasteiger partial charge >= 0.3 is 0 Å². The molecule has 9 heteroatoms. The summed E-state index contributed by atoms with van der Waals surface area (Å²) in [6, 6.07) is 1.61. The number of amides is 1. The molecule has 0 fully saturated rings.